The molecule has 2 heterocycles. The van der Waals surface area contributed by atoms with Crippen LogP contribution in [0, 0.1) is 6.92 Å². The van der Waals surface area contributed by atoms with Gasteiger partial charge in [0.05, 0.1) is 5.69 Å². The van der Waals surface area contributed by atoms with Crippen LogP contribution in [0.1, 0.15) is 5.56 Å². The molecule has 0 radical (unpaired) electrons. The lowest BCUT2D eigenvalue weighted by molar-refractivity contribution is -0.133. The van der Waals surface area contributed by atoms with Crippen LogP contribution >= 0.6 is 0 Å². The predicted octanol–water partition coefficient (Wildman–Crippen LogP) is 4.85. The Hall–Kier alpha value is -4.19. The van der Waals surface area contributed by atoms with Gasteiger partial charge >= 0.3 is 0 Å². The summed E-state index contributed by atoms with van der Waals surface area (Å²) >= 11 is 0. The molecule has 6 nitrogen and oxygen atoms in total. The number of hydrogen-bond acceptors (Lipinski definition) is 5. The Kier molecular flexibility index (Phi) is 6.70. The molecule has 0 N–H and O–H groups in total. The number of amides is 1. The summed E-state index contributed by atoms with van der Waals surface area (Å²) in [7, 11) is 0. The molecule has 6 heteroatoms. The van der Waals surface area contributed by atoms with E-state index >= 15 is 0 Å². The fourth-order valence-corrected chi connectivity index (χ4v) is 4.24. The number of hydrogen-bond donors (Lipinski definition) is 0. The second-order valence-electron chi connectivity index (χ2n) is 8.66. The van der Waals surface area contributed by atoms with E-state index in [9.17, 15) is 4.79 Å². The molecular formula is C29H28N4O2. The summed E-state index contributed by atoms with van der Waals surface area (Å²) < 4.78 is 5.95. The highest BCUT2D eigenvalue weighted by Gasteiger charge is 2.23. The molecule has 0 aliphatic carbocycles. The zero-order valence-corrected chi connectivity index (χ0v) is 19.8. The summed E-state index contributed by atoms with van der Waals surface area (Å²) in [6.45, 7) is 4.78. The molecule has 3 aromatic carbocycles. The Balaban J connectivity index is 1.15. The van der Waals surface area contributed by atoms with Crippen molar-refractivity contribution in [3.8, 4) is 28.1 Å². The fourth-order valence-electron chi connectivity index (χ4n) is 4.24. The third-order valence-corrected chi connectivity index (χ3v) is 6.28. The fraction of sp³-hybridized carbons (Fsp3) is 0.207. The number of para-hydroxylation sites is 1. The maximum atomic E-state index is 12.8. The highest BCUT2D eigenvalue weighted by atomic mass is 16.5. The maximum Gasteiger partial charge on any atom is 0.260 e. The Bertz CT molecular complexity index is 1270. The Labute approximate surface area is 205 Å². The normalized spacial score (nSPS) is 13.5. The lowest BCUT2D eigenvalue weighted by Crippen LogP contribution is -2.50. The lowest BCUT2D eigenvalue weighted by atomic mass is 10.1. The van der Waals surface area contributed by atoms with E-state index < -0.39 is 0 Å². The first-order valence-corrected chi connectivity index (χ1v) is 11.9. The van der Waals surface area contributed by atoms with Crippen molar-refractivity contribution in [1.82, 2.24) is 15.1 Å². The number of carbonyl (C=O) groups is 1. The highest BCUT2D eigenvalue weighted by molar-refractivity contribution is 5.79. The third-order valence-electron chi connectivity index (χ3n) is 6.28. The number of aryl methyl sites for hydroxylation is 1. The van der Waals surface area contributed by atoms with Crippen molar-refractivity contribution in [3.05, 3.63) is 96.6 Å². The van der Waals surface area contributed by atoms with Crippen LogP contribution in [-0.4, -0.2) is 53.8 Å². The molecule has 0 bridgehead atoms. The van der Waals surface area contributed by atoms with Gasteiger partial charge in [-0.2, -0.15) is 0 Å². The molecule has 5 rings (SSSR count). The number of carbonyl (C=O) groups excluding carboxylic acids is 1. The smallest absolute Gasteiger partial charge is 0.260 e. The zero-order chi connectivity index (χ0) is 24.0. The molecule has 35 heavy (non-hydrogen) atoms. The average molecular weight is 465 g/mol. The van der Waals surface area contributed by atoms with Gasteiger partial charge in [-0.25, -0.2) is 0 Å². The number of benzene rings is 3. The summed E-state index contributed by atoms with van der Waals surface area (Å²) in [5.74, 6) is 1.55. The molecule has 1 aliphatic rings. The van der Waals surface area contributed by atoms with Crippen molar-refractivity contribution in [3.63, 3.8) is 0 Å². The van der Waals surface area contributed by atoms with Gasteiger partial charge in [0, 0.05) is 37.3 Å². The summed E-state index contributed by atoms with van der Waals surface area (Å²) in [5.41, 5.74) is 5.18. The molecule has 0 unspecified atom stereocenters. The lowest BCUT2D eigenvalue weighted by Gasteiger charge is -2.35. The first kappa shape index (κ1) is 22.6. The Morgan fingerprint density at radius 3 is 2.20 bits per heavy atom. The number of rotatable bonds is 6. The van der Waals surface area contributed by atoms with Gasteiger partial charge in [0.2, 0.25) is 0 Å². The second kappa shape index (κ2) is 10.4. The van der Waals surface area contributed by atoms with Gasteiger partial charge in [0.1, 0.15) is 5.75 Å². The molecule has 0 saturated carbocycles. The van der Waals surface area contributed by atoms with Crippen molar-refractivity contribution in [2.24, 2.45) is 0 Å². The van der Waals surface area contributed by atoms with Gasteiger partial charge in [-0.3, -0.25) is 4.79 Å². The van der Waals surface area contributed by atoms with Gasteiger partial charge in [-0.15, -0.1) is 10.2 Å². The van der Waals surface area contributed by atoms with Crippen molar-refractivity contribution in [2.75, 3.05) is 37.7 Å². The largest absolute Gasteiger partial charge is 0.483 e. The van der Waals surface area contributed by atoms with E-state index in [1.807, 2.05) is 71.6 Å². The number of anilines is 1. The highest BCUT2D eigenvalue weighted by Crippen LogP contribution is 2.29. The second-order valence-corrected chi connectivity index (χ2v) is 8.66. The molecule has 0 atom stereocenters. The van der Waals surface area contributed by atoms with Crippen LogP contribution in [0.2, 0.25) is 0 Å². The summed E-state index contributed by atoms with van der Waals surface area (Å²) in [6, 6.07) is 30.2. The summed E-state index contributed by atoms with van der Waals surface area (Å²) in [6.07, 6.45) is 0. The average Bonchev–Trinajstić information content (AvgIpc) is 2.93. The minimum absolute atomic E-state index is 0.00619. The summed E-state index contributed by atoms with van der Waals surface area (Å²) in [5, 5.41) is 8.85. The van der Waals surface area contributed by atoms with Gasteiger partial charge < -0.3 is 14.5 Å². The standard InChI is InChI=1S/C29H28N4O2/c1-22-11-13-24(14-12-22)26-15-16-28(31-30-26)32-17-19-33(20-18-32)29(34)21-35-27-10-6-5-9-25(27)23-7-3-2-4-8-23/h2-16H,17-21H2,1H3. The Morgan fingerprint density at radius 2 is 1.49 bits per heavy atom. The third kappa shape index (κ3) is 5.32. The monoisotopic (exact) mass is 464 g/mol. The molecule has 0 spiro atoms. The van der Waals surface area contributed by atoms with Crippen LogP contribution in [-0.2, 0) is 4.79 Å². The van der Waals surface area contributed by atoms with Crippen molar-refractivity contribution < 1.29 is 9.53 Å². The molecule has 1 fully saturated rings. The minimum Gasteiger partial charge on any atom is -0.483 e. The molecular weight excluding hydrogens is 436 g/mol. The quantitative estimate of drug-likeness (QED) is 0.408. The van der Waals surface area contributed by atoms with Gasteiger partial charge in [-0.1, -0.05) is 78.4 Å². The number of nitrogens with zero attached hydrogens (tertiary/aromatic N) is 4. The van der Waals surface area contributed by atoms with Gasteiger partial charge in [-0.05, 0) is 30.7 Å². The van der Waals surface area contributed by atoms with E-state index in [2.05, 4.69) is 46.3 Å². The number of ether oxygens (including phenoxy) is 1. The maximum absolute atomic E-state index is 12.8. The van der Waals surface area contributed by atoms with E-state index in [1.165, 1.54) is 5.56 Å². The van der Waals surface area contributed by atoms with E-state index in [4.69, 9.17) is 4.74 Å². The van der Waals surface area contributed by atoms with Crippen LogP contribution < -0.4 is 9.64 Å². The molecule has 1 aliphatic heterocycles. The zero-order valence-electron chi connectivity index (χ0n) is 19.8. The van der Waals surface area contributed by atoms with Crippen molar-refractivity contribution in [2.45, 2.75) is 6.92 Å². The molecule has 1 aromatic heterocycles. The topological polar surface area (TPSA) is 58.6 Å². The van der Waals surface area contributed by atoms with Crippen molar-refractivity contribution in [1.29, 1.82) is 0 Å². The molecule has 176 valence electrons. The van der Waals surface area contributed by atoms with E-state index in [1.54, 1.807) is 0 Å². The first-order chi connectivity index (χ1) is 17.2. The van der Waals surface area contributed by atoms with E-state index in [0.29, 0.717) is 26.2 Å². The summed E-state index contributed by atoms with van der Waals surface area (Å²) in [4.78, 5) is 16.9. The first-order valence-electron chi connectivity index (χ1n) is 11.9. The van der Waals surface area contributed by atoms with Crippen LogP contribution in [0.4, 0.5) is 5.82 Å². The van der Waals surface area contributed by atoms with E-state index in [0.717, 1.165) is 34.0 Å². The van der Waals surface area contributed by atoms with Crippen LogP contribution in [0.3, 0.4) is 0 Å². The number of aromatic nitrogens is 2. The van der Waals surface area contributed by atoms with Crippen molar-refractivity contribution >= 4 is 11.7 Å². The minimum atomic E-state index is -0.00619. The van der Waals surface area contributed by atoms with E-state index in [-0.39, 0.29) is 12.5 Å². The van der Waals surface area contributed by atoms with Crippen LogP contribution in [0.25, 0.3) is 22.4 Å². The van der Waals surface area contributed by atoms with Crippen LogP contribution in [0.15, 0.2) is 91.0 Å². The predicted molar refractivity (Wildman–Crippen MR) is 138 cm³/mol. The van der Waals surface area contributed by atoms with Gasteiger partial charge in [0.15, 0.2) is 12.4 Å². The molecule has 1 amide bonds. The van der Waals surface area contributed by atoms with Gasteiger partial charge in [0.25, 0.3) is 5.91 Å². The van der Waals surface area contributed by atoms with Crippen LogP contribution in [0.5, 0.6) is 5.75 Å². The number of piperazine rings is 1. The SMILES string of the molecule is Cc1ccc(-c2ccc(N3CCN(C(=O)COc4ccccc4-c4ccccc4)CC3)nn2)cc1. The molecule has 4 aromatic rings. The molecule has 1 saturated heterocycles. The Morgan fingerprint density at radius 1 is 0.771 bits per heavy atom.